The third kappa shape index (κ3) is 1.75. The van der Waals surface area contributed by atoms with E-state index in [0.29, 0.717) is 6.04 Å². The maximum atomic E-state index is 5.25. The van der Waals surface area contributed by atoms with Gasteiger partial charge in [0.25, 0.3) is 0 Å². The van der Waals surface area contributed by atoms with Crippen LogP contribution in [-0.2, 0) is 4.74 Å². The van der Waals surface area contributed by atoms with Gasteiger partial charge in [0.15, 0.2) is 0 Å². The monoisotopic (exact) mass is 183 g/mol. The first-order valence-electron chi connectivity index (χ1n) is 5.51. The van der Waals surface area contributed by atoms with Gasteiger partial charge < -0.3 is 10.1 Å². The molecule has 4 unspecified atom stereocenters. The molecule has 0 spiro atoms. The van der Waals surface area contributed by atoms with E-state index in [1.807, 2.05) is 0 Å². The molecule has 2 aliphatic carbocycles. The molecule has 2 aliphatic rings. The van der Waals surface area contributed by atoms with Gasteiger partial charge in [0.05, 0.1) is 6.61 Å². The van der Waals surface area contributed by atoms with E-state index in [2.05, 4.69) is 12.4 Å². The van der Waals surface area contributed by atoms with Crippen LogP contribution in [0.2, 0.25) is 0 Å². The van der Waals surface area contributed by atoms with Crippen molar-refractivity contribution in [3.8, 4) is 0 Å². The van der Waals surface area contributed by atoms with Crippen molar-refractivity contribution in [2.75, 3.05) is 20.8 Å². The fraction of sp³-hybridized carbons (Fsp3) is 1.00. The largest absolute Gasteiger partial charge is 0.383 e. The topological polar surface area (TPSA) is 21.3 Å². The molecule has 0 saturated heterocycles. The summed E-state index contributed by atoms with van der Waals surface area (Å²) in [4.78, 5) is 0. The normalized spacial score (nSPS) is 39.7. The second kappa shape index (κ2) is 3.97. The van der Waals surface area contributed by atoms with Gasteiger partial charge in [-0.1, -0.05) is 6.42 Å². The predicted octanol–water partition coefficient (Wildman–Crippen LogP) is 1.66. The van der Waals surface area contributed by atoms with Gasteiger partial charge >= 0.3 is 0 Å². The summed E-state index contributed by atoms with van der Waals surface area (Å²) < 4.78 is 5.25. The molecular formula is C11H21NO. The summed E-state index contributed by atoms with van der Waals surface area (Å²) >= 11 is 0. The molecule has 2 heteroatoms. The maximum absolute atomic E-state index is 5.25. The van der Waals surface area contributed by atoms with Crippen molar-refractivity contribution in [2.45, 2.75) is 31.7 Å². The van der Waals surface area contributed by atoms with E-state index in [1.54, 1.807) is 7.11 Å². The molecule has 2 rings (SSSR count). The van der Waals surface area contributed by atoms with Crippen LogP contribution in [0.3, 0.4) is 0 Å². The summed E-state index contributed by atoms with van der Waals surface area (Å²) in [6.45, 7) is 0.879. The van der Waals surface area contributed by atoms with Crippen molar-refractivity contribution >= 4 is 0 Å². The zero-order valence-corrected chi connectivity index (χ0v) is 8.75. The molecule has 13 heavy (non-hydrogen) atoms. The molecule has 76 valence electrons. The van der Waals surface area contributed by atoms with E-state index in [4.69, 9.17) is 4.74 Å². The lowest BCUT2D eigenvalue weighted by Gasteiger charge is -2.29. The lowest BCUT2D eigenvalue weighted by atomic mass is 9.83. The minimum atomic E-state index is 0.597. The molecule has 0 aromatic heterocycles. The smallest absolute Gasteiger partial charge is 0.0618 e. The summed E-state index contributed by atoms with van der Waals surface area (Å²) in [5, 5.41) is 3.40. The Morgan fingerprint density at radius 2 is 2.23 bits per heavy atom. The minimum Gasteiger partial charge on any atom is -0.383 e. The molecule has 4 atom stereocenters. The highest BCUT2D eigenvalue weighted by atomic mass is 16.5. The van der Waals surface area contributed by atoms with Gasteiger partial charge in [-0.25, -0.2) is 0 Å². The Bertz CT molecular complexity index is 171. The van der Waals surface area contributed by atoms with Crippen molar-refractivity contribution in [1.29, 1.82) is 0 Å². The Hall–Kier alpha value is -0.0800. The molecule has 2 fully saturated rings. The Kier molecular flexibility index (Phi) is 2.89. The average Bonchev–Trinajstić information content (AvgIpc) is 2.74. The van der Waals surface area contributed by atoms with Crippen molar-refractivity contribution < 1.29 is 4.74 Å². The lowest BCUT2D eigenvalue weighted by molar-refractivity contribution is 0.123. The van der Waals surface area contributed by atoms with Crippen molar-refractivity contribution in [2.24, 2.45) is 17.8 Å². The van der Waals surface area contributed by atoms with Crippen LogP contribution in [0.15, 0.2) is 0 Å². The first-order valence-corrected chi connectivity index (χ1v) is 5.51. The standard InChI is InChI=1S/C11H21NO/c1-12-11(7-13-2)10-6-8-3-4-9(10)5-8/h8-12H,3-7H2,1-2H3. The van der Waals surface area contributed by atoms with E-state index >= 15 is 0 Å². The van der Waals surface area contributed by atoms with E-state index in [9.17, 15) is 0 Å². The van der Waals surface area contributed by atoms with Gasteiger partial charge in [0, 0.05) is 13.2 Å². The van der Waals surface area contributed by atoms with Crippen molar-refractivity contribution in [3.05, 3.63) is 0 Å². The van der Waals surface area contributed by atoms with Crippen LogP contribution in [0.5, 0.6) is 0 Å². The number of hydrogen-bond acceptors (Lipinski definition) is 2. The molecule has 1 N–H and O–H groups in total. The fourth-order valence-corrected chi connectivity index (χ4v) is 3.39. The highest BCUT2D eigenvalue weighted by molar-refractivity contribution is 4.94. The molecule has 0 heterocycles. The van der Waals surface area contributed by atoms with Gasteiger partial charge in [-0.05, 0) is 44.1 Å². The molecule has 2 bridgehead atoms. The summed E-state index contributed by atoms with van der Waals surface area (Å²) in [5.74, 6) is 2.93. The number of ether oxygens (including phenoxy) is 1. The van der Waals surface area contributed by atoms with Crippen LogP contribution in [-0.4, -0.2) is 26.8 Å². The molecule has 0 aliphatic heterocycles. The third-order valence-electron chi connectivity index (χ3n) is 4.03. The average molecular weight is 183 g/mol. The van der Waals surface area contributed by atoms with Crippen LogP contribution in [0.4, 0.5) is 0 Å². The second-order valence-electron chi connectivity index (χ2n) is 4.69. The van der Waals surface area contributed by atoms with E-state index in [0.717, 1.165) is 24.4 Å². The molecule has 0 radical (unpaired) electrons. The third-order valence-corrected chi connectivity index (χ3v) is 4.03. The Morgan fingerprint density at radius 3 is 2.69 bits per heavy atom. The number of nitrogens with one attached hydrogen (secondary N) is 1. The molecule has 2 saturated carbocycles. The van der Waals surface area contributed by atoms with Crippen molar-refractivity contribution in [3.63, 3.8) is 0 Å². The van der Waals surface area contributed by atoms with Crippen LogP contribution >= 0.6 is 0 Å². The van der Waals surface area contributed by atoms with E-state index < -0.39 is 0 Å². The number of fused-ring (bicyclic) bond motifs is 2. The zero-order valence-electron chi connectivity index (χ0n) is 8.75. The Labute approximate surface area is 81.0 Å². The first-order chi connectivity index (χ1) is 6.35. The van der Waals surface area contributed by atoms with Crippen LogP contribution in [0.25, 0.3) is 0 Å². The van der Waals surface area contributed by atoms with E-state index in [1.165, 1.54) is 25.7 Å². The van der Waals surface area contributed by atoms with Crippen LogP contribution in [0, 0.1) is 17.8 Å². The lowest BCUT2D eigenvalue weighted by Crippen LogP contribution is -2.39. The minimum absolute atomic E-state index is 0.597. The first kappa shape index (κ1) is 9.47. The molecular weight excluding hydrogens is 162 g/mol. The van der Waals surface area contributed by atoms with Gasteiger partial charge in [0.2, 0.25) is 0 Å². The summed E-state index contributed by atoms with van der Waals surface area (Å²) in [5.41, 5.74) is 0. The summed E-state index contributed by atoms with van der Waals surface area (Å²) in [6, 6.07) is 0.597. The second-order valence-corrected chi connectivity index (χ2v) is 4.69. The Morgan fingerprint density at radius 1 is 1.38 bits per heavy atom. The Balaban J connectivity index is 1.92. The summed E-state index contributed by atoms with van der Waals surface area (Å²) in [6.07, 6.45) is 5.90. The fourth-order valence-electron chi connectivity index (χ4n) is 3.39. The van der Waals surface area contributed by atoms with Crippen LogP contribution < -0.4 is 5.32 Å². The maximum Gasteiger partial charge on any atom is 0.0618 e. The van der Waals surface area contributed by atoms with Gasteiger partial charge in [0.1, 0.15) is 0 Å². The highest BCUT2D eigenvalue weighted by Crippen LogP contribution is 2.49. The number of hydrogen-bond donors (Lipinski definition) is 1. The summed E-state index contributed by atoms with van der Waals surface area (Å²) in [7, 11) is 3.87. The zero-order chi connectivity index (χ0) is 9.26. The van der Waals surface area contributed by atoms with Crippen LogP contribution in [0.1, 0.15) is 25.7 Å². The quantitative estimate of drug-likeness (QED) is 0.715. The van der Waals surface area contributed by atoms with Crippen molar-refractivity contribution in [1.82, 2.24) is 5.32 Å². The van der Waals surface area contributed by atoms with Gasteiger partial charge in [-0.2, -0.15) is 0 Å². The van der Waals surface area contributed by atoms with E-state index in [-0.39, 0.29) is 0 Å². The number of likely N-dealkylation sites (N-methyl/N-ethyl adjacent to an activating group) is 1. The SMILES string of the molecule is CNC(COC)C1CC2CCC1C2. The number of methoxy groups -OCH3 is 1. The van der Waals surface area contributed by atoms with Gasteiger partial charge in [-0.3, -0.25) is 0 Å². The van der Waals surface area contributed by atoms with Gasteiger partial charge in [-0.15, -0.1) is 0 Å². The molecule has 2 nitrogen and oxygen atoms in total. The molecule has 0 amide bonds. The highest BCUT2D eigenvalue weighted by Gasteiger charge is 2.42. The molecule has 0 aromatic carbocycles. The predicted molar refractivity (Wildman–Crippen MR) is 53.7 cm³/mol. The number of rotatable bonds is 4. The molecule has 0 aromatic rings.